The van der Waals surface area contributed by atoms with Crippen molar-refractivity contribution in [3.8, 4) is 11.3 Å². The van der Waals surface area contributed by atoms with Crippen LogP contribution in [-0.2, 0) is 4.79 Å². The van der Waals surface area contributed by atoms with Crippen LogP contribution in [0.2, 0.25) is 0 Å². The fraction of sp³-hybridized carbons (Fsp3) is 0.500. The van der Waals surface area contributed by atoms with Crippen molar-refractivity contribution in [2.24, 2.45) is 0 Å². The number of anilines is 2. The number of nitrogens with zero attached hydrogens (tertiary/aromatic N) is 2. The summed E-state index contributed by atoms with van der Waals surface area (Å²) in [7, 11) is 0. The Hall–Kier alpha value is -1.88. The first kappa shape index (κ1) is 17.9. The highest BCUT2D eigenvalue weighted by atomic mass is 32.1. The molecule has 0 atom stereocenters. The number of hydrogen-bond donors (Lipinski definition) is 1. The number of benzene rings is 1. The van der Waals surface area contributed by atoms with E-state index >= 15 is 0 Å². The van der Waals surface area contributed by atoms with Crippen LogP contribution in [0.5, 0.6) is 0 Å². The quantitative estimate of drug-likeness (QED) is 0.650. The summed E-state index contributed by atoms with van der Waals surface area (Å²) in [4.78, 5) is 19.1. The molecule has 0 saturated carbocycles. The molecule has 1 saturated heterocycles. The van der Waals surface area contributed by atoms with Gasteiger partial charge in [0.15, 0.2) is 5.13 Å². The minimum absolute atomic E-state index is 0.105. The third-order valence-electron chi connectivity index (χ3n) is 4.59. The molecule has 134 valence electrons. The van der Waals surface area contributed by atoms with E-state index in [4.69, 9.17) is 4.98 Å². The molecule has 1 fully saturated rings. The fourth-order valence-electron chi connectivity index (χ4n) is 3.11. The number of rotatable bonds is 8. The van der Waals surface area contributed by atoms with Gasteiger partial charge < -0.3 is 10.2 Å². The highest BCUT2D eigenvalue weighted by Gasteiger charge is 2.16. The zero-order valence-electron chi connectivity index (χ0n) is 15.0. The molecule has 2 heterocycles. The number of unbranched alkanes of at least 4 members (excludes halogenated alkanes) is 3. The second-order valence-corrected chi connectivity index (χ2v) is 7.48. The molecule has 5 heteroatoms. The summed E-state index contributed by atoms with van der Waals surface area (Å²) in [5.41, 5.74) is 2.98. The van der Waals surface area contributed by atoms with Crippen molar-refractivity contribution in [1.82, 2.24) is 4.98 Å². The van der Waals surface area contributed by atoms with Gasteiger partial charge in [-0.1, -0.05) is 38.3 Å². The molecule has 1 N–H and O–H groups in total. The number of amides is 1. The van der Waals surface area contributed by atoms with Gasteiger partial charge in [0.25, 0.3) is 0 Å². The zero-order chi connectivity index (χ0) is 17.5. The van der Waals surface area contributed by atoms with E-state index in [2.05, 4.69) is 22.5 Å². The van der Waals surface area contributed by atoms with E-state index in [1.54, 1.807) is 11.3 Å². The molecule has 4 nitrogen and oxygen atoms in total. The molecule has 1 aromatic heterocycles. The molecule has 1 aliphatic rings. The Kier molecular flexibility index (Phi) is 6.45. The highest BCUT2D eigenvalue weighted by Crippen LogP contribution is 2.30. The third-order valence-corrected chi connectivity index (χ3v) is 5.49. The summed E-state index contributed by atoms with van der Waals surface area (Å²) < 4.78 is 0. The van der Waals surface area contributed by atoms with Gasteiger partial charge >= 0.3 is 0 Å². The van der Waals surface area contributed by atoms with Crippen LogP contribution in [0.15, 0.2) is 29.6 Å². The van der Waals surface area contributed by atoms with E-state index in [1.165, 1.54) is 25.7 Å². The summed E-state index contributed by atoms with van der Waals surface area (Å²) in [6.45, 7) is 4.42. The van der Waals surface area contributed by atoms with Gasteiger partial charge in [0.2, 0.25) is 5.91 Å². The molecular formula is C20H27N3OS. The molecule has 0 aliphatic carbocycles. The van der Waals surface area contributed by atoms with E-state index in [9.17, 15) is 4.79 Å². The molecule has 0 unspecified atom stereocenters. The predicted octanol–water partition coefficient (Wildman–Crippen LogP) is 5.32. The van der Waals surface area contributed by atoms with E-state index in [-0.39, 0.29) is 5.91 Å². The monoisotopic (exact) mass is 357 g/mol. The highest BCUT2D eigenvalue weighted by molar-refractivity contribution is 7.14. The SMILES string of the molecule is CCCCCCC(=O)Nc1ccc(-c2csc(N3CCCC3)n2)cc1. The number of carbonyl (C=O) groups excluding carboxylic acids is 1. The molecule has 25 heavy (non-hydrogen) atoms. The minimum atomic E-state index is 0.105. The molecule has 2 aromatic rings. The van der Waals surface area contributed by atoms with Gasteiger partial charge in [-0.15, -0.1) is 11.3 Å². The summed E-state index contributed by atoms with van der Waals surface area (Å²) in [6.07, 6.45) is 7.63. The number of thiazole rings is 1. The lowest BCUT2D eigenvalue weighted by Gasteiger charge is -2.12. The molecule has 0 spiro atoms. The van der Waals surface area contributed by atoms with Crippen LogP contribution in [0.1, 0.15) is 51.9 Å². The lowest BCUT2D eigenvalue weighted by atomic mass is 10.1. The zero-order valence-corrected chi connectivity index (χ0v) is 15.8. The van der Waals surface area contributed by atoms with Crippen molar-refractivity contribution in [1.29, 1.82) is 0 Å². The summed E-state index contributed by atoms with van der Waals surface area (Å²) in [6, 6.07) is 8.01. The Morgan fingerprint density at radius 2 is 1.92 bits per heavy atom. The van der Waals surface area contributed by atoms with Gasteiger partial charge in [-0.2, -0.15) is 0 Å². The number of aromatic nitrogens is 1. The summed E-state index contributed by atoms with van der Waals surface area (Å²) in [5, 5.41) is 6.22. The third kappa shape index (κ3) is 5.05. The largest absolute Gasteiger partial charge is 0.348 e. The van der Waals surface area contributed by atoms with Crippen LogP contribution in [0, 0.1) is 0 Å². The minimum Gasteiger partial charge on any atom is -0.348 e. The van der Waals surface area contributed by atoms with Gasteiger partial charge in [-0.05, 0) is 31.4 Å². The first-order valence-electron chi connectivity index (χ1n) is 9.37. The fourth-order valence-corrected chi connectivity index (χ4v) is 4.00. The van der Waals surface area contributed by atoms with Crippen LogP contribution in [-0.4, -0.2) is 24.0 Å². The second-order valence-electron chi connectivity index (χ2n) is 6.65. The van der Waals surface area contributed by atoms with Crippen molar-refractivity contribution < 1.29 is 4.79 Å². The smallest absolute Gasteiger partial charge is 0.224 e. The first-order chi connectivity index (χ1) is 12.3. The predicted molar refractivity (Wildman–Crippen MR) is 106 cm³/mol. The van der Waals surface area contributed by atoms with Gasteiger partial charge in [0.1, 0.15) is 0 Å². The van der Waals surface area contributed by atoms with Gasteiger partial charge in [-0.3, -0.25) is 4.79 Å². The Labute approximate surface area is 154 Å². The summed E-state index contributed by atoms with van der Waals surface area (Å²) in [5.74, 6) is 0.105. The van der Waals surface area contributed by atoms with Crippen molar-refractivity contribution in [3.63, 3.8) is 0 Å². The van der Waals surface area contributed by atoms with Crippen molar-refractivity contribution >= 4 is 28.1 Å². The van der Waals surface area contributed by atoms with E-state index in [0.717, 1.165) is 48.0 Å². The molecule has 1 amide bonds. The van der Waals surface area contributed by atoms with E-state index in [1.807, 2.05) is 24.3 Å². The van der Waals surface area contributed by atoms with Gasteiger partial charge in [0, 0.05) is 36.1 Å². The lowest BCUT2D eigenvalue weighted by Crippen LogP contribution is -2.17. The molecule has 1 aromatic carbocycles. The first-order valence-corrected chi connectivity index (χ1v) is 10.2. The topological polar surface area (TPSA) is 45.2 Å². The molecule has 0 radical (unpaired) electrons. The maximum Gasteiger partial charge on any atom is 0.224 e. The summed E-state index contributed by atoms with van der Waals surface area (Å²) >= 11 is 1.71. The van der Waals surface area contributed by atoms with Crippen molar-refractivity contribution in [3.05, 3.63) is 29.6 Å². The van der Waals surface area contributed by atoms with Crippen molar-refractivity contribution in [2.45, 2.75) is 51.9 Å². The Morgan fingerprint density at radius 3 is 2.64 bits per heavy atom. The average molecular weight is 358 g/mol. The van der Waals surface area contributed by atoms with Gasteiger partial charge in [0.05, 0.1) is 5.69 Å². The average Bonchev–Trinajstić information content (AvgIpc) is 3.30. The maximum atomic E-state index is 12.0. The van der Waals surface area contributed by atoms with Crippen LogP contribution in [0.4, 0.5) is 10.8 Å². The molecule has 1 aliphatic heterocycles. The Balaban J connectivity index is 1.54. The van der Waals surface area contributed by atoms with Crippen LogP contribution in [0.3, 0.4) is 0 Å². The van der Waals surface area contributed by atoms with Crippen LogP contribution < -0.4 is 10.2 Å². The standard InChI is InChI=1S/C20H27N3OS/c1-2-3-4-5-8-19(24)21-17-11-9-16(10-12-17)18-15-25-20(22-18)23-13-6-7-14-23/h9-12,15H,2-8,13-14H2,1H3,(H,21,24). The maximum absolute atomic E-state index is 12.0. The van der Waals surface area contributed by atoms with Crippen LogP contribution in [0.25, 0.3) is 11.3 Å². The van der Waals surface area contributed by atoms with Gasteiger partial charge in [-0.25, -0.2) is 4.98 Å². The molecule has 3 rings (SSSR count). The number of carbonyl (C=O) groups is 1. The normalized spacial score (nSPS) is 14.0. The Morgan fingerprint density at radius 1 is 1.16 bits per heavy atom. The molecule has 0 bridgehead atoms. The lowest BCUT2D eigenvalue weighted by molar-refractivity contribution is -0.116. The van der Waals surface area contributed by atoms with Crippen LogP contribution >= 0.6 is 11.3 Å². The number of hydrogen-bond acceptors (Lipinski definition) is 4. The Bertz CT molecular complexity index is 675. The van der Waals surface area contributed by atoms with E-state index < -0.39 is 0 Å². The van der Waals surface area contributed by atoms with Crippen molar-refractivity contribution in [2.75, 3.05) is 23.3 Å². The van der Waals surface area contributed by atoms with E-state index in [0.29, 0.717) is 6.42 Å². The molecular weight excluding hydrogens is 330 g/mol. The number of nitrogens with one attached hydrogen (secondary N) is 1. The second kappa shape index (κ2) is 8.99.